The molecular weight excluding hydrogens is 406 g/mol. The van der Waals surface area contributed by atoms with E-state index in [2.05, 4.69) is 15.0 Å². The quantitative estimate of drug-likeness (QED) is 0.438. The molecule has 2 aromatic carbocycles. The van der Waals surface area contributed by atoms with Crippen molar-refractivity contribution < 1.29 is 13.2 Å². The highest BCUT2D eigenvalue weighted by Crippen LogP contribution is 2.27. The molecule has 0 atom stereocenters. The number of nitrogens with zero attached hydrogens (tertiary/aromatic N) is 3. The van der Waals surface area contributed by atoms with Crippen LogP contribution < -0.4 is 4.74 Å². The maximum absolute atomic E-state index is 12.1. The van der Waals surface area contributed by atoms with Crippen molar-refractivity contribution in [3.63, 3.8) is 0 Å². The fourth-order valence-electron chi connectivity index (χ4n) is 2.99. The molecule has 0 fully saturated rings. The smallest absolute Gasteiger partial charge is 0.247 e. The van der Waals surface area contributed by atoms with Gasteiger partial charge < -0.3 is 4.74 Å². The van der Waals surface area contributed by atoms with Crippen molar-refractivity contribution in [2.24, 2.45) is 0 Å². The van der Waals surface area contributed by atoms with Crippen LogP contribution >= 0.6 is 11.3 Å². The van der Waals surface area contributed by atoms with E-state index in [1.165, 1.54) is 0 Å². The molecule has 0 bridgehead atoms. The molecule has 0 saturated carbocycles. The Morgan fingerprint density at radius 3 is 2.34 bits per heavy atom. The first-order valence-electron chi connectivity index (χ1n) is 8.95. The predicted molar refractivity (Wildman–Crippen MR) is 113 cm³/mol. The van der Waals surface area contributed by atoms with Crippen molar-refractivity contribution >= 4 is 31.4 Å². The Morgan fingerprint density at radius 2 is 1.66 bits per heavy atom. The van der Waals surface area contributed by atoms with E-state index in [1.54, 1.807) is 18.4 Å². The SMILES string of the molecule is COc1ccc2nc(Cc3cc(Cc4ccccc4)nc(S(C)(=O)=O)n3)sc2c1. The Morgan fingerprint density at radius 1 is 0.931 bits per heavy atom. The van der Waals surface area contributed by atoms with Crippen LogP contribution in [-0.4, -0.2) is 36.7 Å². The van der Waals surface area contributed by atoms with Gasteiger partial charge >= 0.3 is 0 Å². The van der Waals surface area contributed by atoms with Gasteiger partial charge in [0.2, 0.25) is 15.0 Å². The summed E-state index contributed by atoms with van der Waals surface area (Å²) in [6.07, 6.45) is 2.10. The highest BCUT2D eigenvalue weighted by Gasteiger charge is 2.16. The number of fused-ring (bicyclic) bond motifs is 1. The first-order chi connectivity index (χ1) is 13.9. The maximum atomic E-state index is 12.1. The molecule has 29 heavy (non-hydrogen) atoms. The number of hydrogen-bond acceptors (Lipinski definition) is 7. The van der Waals surface area contributed by atoms with Crippen LogP contribution in [0.4, 0.5) is 0 Å². The molecule has 0 amide bonds. The van der Waals surface area contributed by atoms with Crippen molar-refractivity contribution in [1.82, 2.24) is 15.0 Å². The van der Waals surface area contributed by atoms with Crippen LogP contribution in [0, 0.1) is 0 Å². The maximum Gasteiger partial charge on any atom is 0.247 e. The minimum absolute atomic E-state index is 0.149. The van der Waals surface area contributed by atoms with Crippen molar-refractivity contribution in [1.29, 1.82) is 0 Å². The molecule has 0 N–H and O–H groups in total. The van der Waals surface area contributed by atoms with Gasteiger partial charge in [0.25, 0.3) is 0 Å². The van der Waals surface area contributed by atoms with E-state index in [9.17, 15) is 8.42 Å². The van der Waals surface area contributed by atoms with E-state index < -0.39 is 9.84 Å². The zero-order valence-corrected chi connectivity index (χ0v) is 17.6. The van der Waals surface area contributed by atoms with Gasteiger partial charge in [0, 0.05) is 24.8 Å². The van der Waals surface area contributed by atoms with Crippen LogP contribution in [0.15, 0.2) is 59.8 Å². The van der Waals surface area contributed by atoms with Gasteiger partial charge in [0.05, 0.1) is 28.0 Å². The van der Waals surface area contributed by atoms with Gasteiger partial charge in [-0.3, -0.25) is 0 Å². The topological polar surface area (TPSA) is 82.0 Å². The third-order valence-corrected chi connectivity index (χ3v) is 6.21. The van der Waals surface area contributed by atoms with Crippen LogP contribution in [0.25, 0.3) is 10.2 Å². The molecule has 6 nitrogen and oxygen atoms in total. The fourth-order valence-corrected chi connectivity index (χ4v) is 4.57. The van der Waals surface area contributed by atoms with Crippen LogP contribution in [0.3, 0.4) is 0 Å². The van der Waals surface area contributed by atoms with E-state index in [0.717, 1.165) is 32.8 Å². The highest BCUT2D eigenvalue weighted by atomic mass is 32.2. The van der Waals surface area contributed by atoms with Gasteiger partial charge in [0.15, 0.2) is 0 Å². The van der Waals surface area contributed by atoms with E-state index in [1.807, 2.05) is 54.6 Å². The average molecular weight is 426 g/mol. The number of ether oxygens (including phenoxy) is 1. The van der Waals surface area contributed by atoms with Crippen molar-refractivity contribution in [3.8, 4) is 5.75 Å². The number of sulfone groups is 1. The largest absolute Gasteiger partial charge is 0.497 e. The van der Waals surface area contributed by atoms with Gasteiger partial charge in [-0.05, 0) is 29.8 Å². The summed E-state index contributed by atoms with van der Waals surface area (Å²) < 4.78 is 30.5. The zero-order chi connectivity index (χ0) is 20.4. The average Bonchev–Trinajstić information content (AvgIpc) is 3.09. The molecule has 0 saturated heterocycles. The summed E-state index contributed by atoms with van der Waals surface area (Å²) in [5.74, 6) is 0.777. The van der Waals surface area contributed by atoms with Crippen molar-refractivity contribution in [3.05, 3.63) is 76.6 Å². The van der Waals surface area contributed by atoms with Gasteiger partial charge in [-0.1, -0.05) is 30.3 Å². The van der Waals surface area contributed by atoms with E-state index in [-0.39, 0.29) is 5.16 Å². The molecule has 0 aliphatic rings. The molecule has 4 rings (SSSR count). The Labute approximate surface area is 173 Å². The Kier molecular flexibility index (Phi) is 5.29. The first-order valence-corrected chi connectivity index (χ1v) is 11.7. The number of rotatable bonds is 6. The summed E-state index contributed by atoms with van der Waals surface area (Å²) in [4.78, 5) is 13.2. The van der Waals surface area contributed by atoms with Gasteiger partial charge in [-0.2, -0.15) is 0 Å². The lowest BCUT2D eigenvalue weighted by Gasteiger charge is -2.07. The van der Waals surface area contributed by atoms with Crippen molar-refractivity contribution in [2.75, 3.05) is 13.4 Å². The van der Waals surface area contributed by atoms with Crippen LogP contribution in [0.2, 0.25) is 0 Å². The molecule has 4 aromatic rings. The lowest BCUT2D eigenvalue weighted by molar-refractivity contribution is 0.415. The Hall–Kier alpha value is -2.84. The molecule has 0 unspecified atom stereocenters. The first kappa shape index (κ1) is 19.5. The molecular formula is C21H19N3O3S2. The number of methoxy groups -OCH3 is 1. The van der Waals surface area contributed by atoms with E-state index in [0.29, 0.717) is 24.2 Å². The zero-order valence-electron chi connectivity index (χ0n) is 16.0. The second-order valence-electron chi connectivity index (χ2n) is 6.69. The lowest BCUT2D eigenvalue weighted by Crippen LogP contribution is -2.09. The fraction of sp³-hybridized carbons (Fsp3) is 0.190. The molecule has 0 aliphatic carbocycles. The highest BCUT2D eigenvalue weighted by molar-refractivity contribution is 7.90. The summed E-state index contributed by atoms with van der Waals surface area (Å²) in [6.45, 7) is 0. The summed E-state index contributed by atoms with van der Waals surface area (Å²) >= 11 is 1.54. The summed E-state index contributed by atoms with van der Waals surface area (Å²) in [7, 11) is -1.89. The molecule has 0 radical (unpaired) electrons. The van der Waals surface area contributed by atoms with Crippen LogP contribution in [-0.2, 0) is 22.7 Å². The standard InChI is InChI=1S/C21H19N3O3S2/c1-27-17-8-9-18-19(13-17)28-20(24-18)12-16-11-15(10-14-6-4-3-5-7-14)22-21(23-16)29(2,25)26/h3-9,11,13H,10,12H2,1-2H3. The number of thiazole rings is 1. The van der Waals surface area contributed by atoms with Crippen LogP contribution in [0.5, 0.6) is 5.75 Å². The van der Waals surface area contributed by atoms with Gasteiger partial charge in [-0.15, -0.1) is 11.3 Å². The molecule has 2 heterocycles. The molecule has 2 aromatic heterocycles. The lowest BCUT2D eigenvalue weighted by atomic mass is 10.1. The predicted octanol–water partition coefficient (Wildman–Crippen LogP) is 3.68. The second-order valence-corrected chi connectivity index (χ2v) is 9.71. The monoisotopic (exact) mass is 425 g/mol. The number of hydrogen-bond donors (Lipinski definition) is 0. The Bertz CT molecular complexity index is 1270. The van der Waals surface area contributed by atoms with Crippen LogP contribution in [0.1, 0.15) is 22.0 Å². The molecule has 0 spiro atoms. The Balaban J connectivity index is 1.69. The number of aromatic nitrogens is 3. The number of benzene rings is 2. The van der Waals surface area contributed by atoms with Gasteiger partial charge in [0.1, 0.15) is 5.75 Å². The molecule has 148 valence electrons. The summed E-state index contributed by atoms with van der Waals surface area (Å²) in [5, 5.41) is 0.709. The summed E-state index contributed by atoms with van der Waals surface area (Å²) in [6, 6.07) is 17.4. The second kappa shape index (κ2) is 7.88. The molecule has 8 heteroatoms. The van der Waals surface area contributed by atoms with E-state index >= 15 is 0 Å². The third kappa shape index (κ3) is 4.60. The third-order valence-electron chi connectivity index (χ3n) is 4.34. The normalized spacial score (nSPS) is 11.7. The molecule has 0 aliphatic heterocycles. The summed E-state index contributed by atoms with van der Waals surface area (Å²) in [5.41, 5.74) is 3.25. The van der Waals surface area contributed by atoms with Crippen molar-refractivity contribution in [2.45, 2.75) is 18.0 Å². The minimum atomic E-state index is -3.52. The van der Waals surface area contributed by atoms with E-state index in [4.69, 9.17) is 4.74 Å². The minimum Gasteiger partial charge on any atom is -0.497 e. The van der Waals surface area contributed by atoms with Gasteiger partial charge in [-0.25, -0.2) is 23.4 Å².